The third-order valence-corrected chi connectivity index (χ3v) is 4.21. The zero-order valence-corrected chi connectivity index (χ0v) is 16.8. The van der Waals surface area contributed by atoms with Crippen LogP contribution in [0.3, 0.4) is 0 Å². The summed E-state index contributed by atoms with van der Waals surface area (Å²) in [4.78, 5) is 0. The van der Waals surface area contributed by atoms with E-state index in [4.69, 9.17) is 10.8 Å². The quantitative estimate of drug-likeness (QED) is 0.329. The molecule has 0 saturated carbocycles. The Labute approximate surface area is 180 Å². The minimum Gasteiger partial charge on any atom is -0.296 e. The van der Waals surface area contributed by atoms with E-state index < -0.39 is 11.9 Å². The fraction of sp³-hybridized carbons (Fsp3) is 0.0909. The van der Waals surface area contributed by atoms with E-state index in [0.29, 0.717) is 28.6 Å². The smallest absolute Gasteiger partial charge is 0.296 e. The maximum Gasteiger partial charge on any atom is 0.432 e. The van der Waals surface area contributed by atoms with Crippen LogP contribution in [0.5, 0.6) is 0 Å². The number of aryl methyl sites for hydroxylation is 1. The molecule has 2 N–H and O–H groups in total. The van der Waals surface area contributed by atoms with Crippen LogP contribution in [-0.2, 0) is 7.05 Å². The molecule has 0 atom stereocenters. The van der Waals surface area contributed by atoms with Crippen molar-refractivity contribution in [2.45, 2.75) is 6.18 Å². The molecule has 0 spiro atoms. The molecule has 6 nitrogen and oxygen atoms in total. The lowest BCUT2D eigenvalue weighted by Gasteiger charge is -2.05. The third kappa shape index (κ3) is 5.54. The lowest BCUT2D eigenvalue weighted by atomic mass is 10.1. The van der Waals surface area contributed by atoms with Crippen LogP contribution < -0.4 is 5.49 Å². The first-order valence-electron chi connectivity index (χ1n) is 9.27. The first kappa shape index (κ1) is 22.6. The molecule has 0 bridgehead atoms. The summed E-state index contributed by atoms with van der Waals surface area (Å²) in [7, 11) is 1.75. The summed E-state index contributed by atoms with van der Waals surface area (Å²) in [6.45, 7) is 0. The lowest BCUT2D eigenvalue weighted by Crippen LogP contribution is -2.18. The van der Waals surface area contributed by atoms with Crippen LogP contribution in [0.1, 0.15) is 0 Å². The van der Waals surface area contributed by atoms with Gasteiger partial charge < -0.3 is 0 Å². The Hall–Kier alpha value is -4.08. The topological polar surface area (TPSA) is 83.3 Å². The van der Waals surface area contributed by atoms with Gasteiger partial charge in [-0.15, -0.1) is 0 Å². The van der Waals surface area contributed by atoms with Gasteiger partial charge in [-0.1, -0.05) is 18.2 Å². The SMILES string of the molecule is Cn1cc(-c2ccc(=N)n(/C=C/C=C/C=C\C(=N)C(F)(F)F)n2)c(-c2ccc(F)cc2)n1. The monoisotopic (exact) mass is 442 g/mol. The first-order chi connectivity index (χ1) is 15.1. The van der Waals surface area contributed by atoms with Gasteiger partial charge in [0.25, 0.3) is 0 Å². The number of rotatable bonds is 6. The number of hydrogen-bond donors (Lipinski definition) is 2. The highest BCUT2D eigenvalue weighted by atomic mass is 19.4. The molecule has 32 heavy (non-hydrogen) atoms. The first-order valence-corrected chi connectivity index (χ1v) is 9.27. The van der Waals surface area contributed by atoms with Crippen LogP contribution in [0.25, 0.3) is 28.7 Å². The van der Waals surface area contributed by atoms with E-state index in [1.165, 1.54) is 41.2 Å². The van der Waals surface area contributed by atoms with Gasteiger partial charge in [-0.05, 0) is 48.6 Å². The van der Waals surface area contributed by atoms with E-state index in [0.717, 1.165) is 6.08 Å². The van der Waals surface area contributed by atoms with Crippen LogP contribution in [-0.4, -0.2) is 31.4 Å². The standard InChI is InChI=1S/C22H18F4N6/c1-31-14-17(21(30-31)15-7-9-16(23)10-8-15)18-11-12-20(28)32(29-18)13-5-3-2-4-6-19(27)22(24,25)26/h2-14,27-28H,1H3/b3-2+,6-4-,13-5+,27-19?,28-20?. The second-order valence-corrected chi connectivity index (χ2v) is 6.62. The molecule has 0 saturated heterocycles. The molecule has 0 radical (unpaired) electrons. The second-order valence-electron chi connectivity index (χ2n) is 6.62. The van der Waals surface area contributed by atoms with Gasteiger partial charge in [-0.25, -0.2) is 9.07 Å². The van der Waals surface area contributed by atoms with Crippen molar-refractivity contribution in [3.63, 3.8) is 0 Å². The largest absolute Gasteiger partial charge is 0.432 e. The Morgan fingerprint density at radius 2 is 1.66 bits per heavy atom. The highest BCUT2D eigenvalue weighted by Crippen LogP contribution is 2.29. The number of allylic oxidation sites excluding steroid dienone is 5. The molecule has 0 unspecified atom stereocenters. The molecule has 1 aromatic carbocycles. The van der Waals surface area contributed by atoms with E-state index >= 15 is 0 Å². The van der Waals surface area contributed by atoms with Crippen molar-refractivity contribution in [1.82, 2.24) is 19.6 Å². The summed E-state index contributed by atoms with van der Waals surface area (Å²) >= 11 is 0. The van der Waals surface area contributed by atoms with Crippen molar-refractivity contribution in [1.29, 1.82) is 10.8 Å². The van der Waals surface area contributed by atoms with Gasteiger partial charge in [0.15, 0.2) is 0 Å². The van der Waals surface area contributed by atoms with Crippen molar-refractivity contribution < 1.29 is 17.6 Å². The van der Waals surface area contributed by atoms with Crippen LogP contribution in [0, 0.1) is 16.6 Å². The van der Waals surface area contributed by atoms with Gasteiger partial charge in [-0.2, -0.15) is 23.4 Å². The Balaban J connectivity index is 1.84. The van der Waals surface area contributed by atoms with Crippen molar-refractivity contribution in [2.24, 2.45) is 7.05 Å². The van der Waals surface area contributed by atoms with E-state index in [1.54, 1.807) is 42.2 Å². The van der Waals surface area contributed by atoms with Crippen molar-refractivity contribution >= 4 is 11.9 Å². The maximum atomic E-state index is 13.3. The minimum atomic E-state index is -4.68. The summed E-state index contributed by atoms with van der Waals surface area (Å²) in [5.74, 6) is -0.357. The molecule has 0 fully saturated rings. The van der Waals surface area contributed by atoms with Gasteiger partial charge in [0.05, 0.1) is 5.69 Å². The number of nitrogens with one attached hydrogen (secondary N) is 2. The van der Waals surface area contributed by atoms with Crippen molar-refractivity contribution in [2.75, 3.05) is 0 Å². The van der Waals surface area contributed by atoms with Gasteiger partial charge in [0, 0.05) is 30.6 Å². The molecular formula is C22H18F4N6. The fourth-order valence-electron chi connectivity index (χ4n) is 2.70. The molecular weight excluding hydrogens is 424 g/mol. The fourth-order valence-corrected chi connectivity index (χ4v) is 2.70. The zero-order chi connectivity index (χ0) is 23.3. The number of alkyl halides is 3. The zero-order valence-electron chi connectivity index (χ0n) is 16.8. The number of aromatic nitrogens is 4. The molecule has 0 aliphatic heterocycles. The predicted molar refractivity (Wildman–Crippen MR) is 113 cm³/mol. The Morgan fingerprint density at radius 3 is 2.34 bits per heavy atom. The molecule has 10 heteroatoms. The van der Waals surface area contributed by atoms with Gasteiger partial charge in [0.1, 0.15) is 22.7 Å². The van der Waals surface area contributed by atoms with Gasteiger partial charge in [0.2, 0.25) is 0 Å². The molecule has 0 aliphatic rings. The van der Waals surface area contributed by atoms with Crippen molar-refractivity contribution in [3.05, 3.63) is 84.3 Å². The van der Waals surface area contributed by atoms with Crippen LogP contribution in [0.15, 0.2) is 73.0 Å². The number of nitrogens with zero attached hydrogens (tertiary/aromatic N) is 4. The average molecular weight is 442 g/mol. The summed E-state index contributed by atoms with van der Waals surface area (Å²) in [5, 5.41) is 23.7. The van der Waals surface area contributed by atoms with Crippen molar-refractivity contribution in [3.8, 4) is 22.5 Å². The number of hydrogen-bond acceptors (Lipinski definition) is 4. The molecule has 2 heterocycles. The summed E-state index contributed by atoms with van der Waals surface area (Å²) < 4.78 is 52.9. The lowest BCUT2D eigenvalue weighted by molar-refractivity contribution is -0.0584. The third-order valence-electron chi connectivity index (χ3n) is 4.21. The normalized spacial score (nSPS) is 12.4. The van der Waals surface area contributed by atoms with E-state index in [1.807, 2.05) is 0 Å². The van der Waals surface area contributed by atoms with Crippen LogP contribution in [0.2, 0.25) is 0 Å². The Morgan fingerprint density at radius 1 is 0.969 bits per heavy atom. The molecule has 0 aliphatic carbocycles. The molecule has 164 valence electrons. The molecule has 0 amide bonds. The Kier molecular flexibility index (Phi) is 6.62. The number of benzene rings is 1. The highest BCUT2D eigenvalue weighted by molar-refractivity contribution is 5.97. The highest BCUT2D eigenvalue weighted by Gasteiger charge is 2.31. The Bertz CT molecular complexity index is 1260. The molecule has 3 rings (SSSR count). The average Bonchev–Trinajstić information content (AvgIpc) is 3.13. The number of halogens is 4. The van der Waals surface area contributed by atoms with E-state index in [2.05, 4.69) is 10.2 Å². The summed E-state index contributed by atoms with van der Waals surface area (Å²) in [6, 6.07) is 9.12. The predicted octanol–water partition coefficient (Wildman–Crippen LogP) is 4.73. The van der Waals surface area contributed by atoms with Gasteiger partial charge in [-0.3, -0.25) is 15.5 Å². The summed E-state index contributed by atoms with van der Waals surface area (Å²) in [5.41, 5.74) is 1.16. The summed E-state index contributed by atoms with van der Waals surface area (Å²) in [6.07, 6.45) is 4.58. The maximum absolute atomic E-state index is 13.3. The van der Waals surface area contributed by atoms with E-state index in [-0.39, 0.29) is 11.3 Å². The minimum absolute atomic E-state index is 0.0833. The van der Waals surface area contributed by atoms with E-state index in [9.17, 15) is 17.6 Å². The van der Waals surface area contributed by atoms with Crippen LogP contribution in [0.4, 0.5) is 17.6 Å². The van der Waals surface area contributed by atoms with Crippen LogP contribution >= 0.6 is 0 Å². The second kappa shape index (κ2) is 9.38. The van der Waals surface area contributed by atoms with Gasteiger partial charge >= 0.3 is 6.18 Å². The molecule has 2 aromatic heterocycles. The molecule has 3 aromatic rings.